The van der Waals surface area contributed by atoms with Crippen molar-refractivity contribution in [1.82, 2.24) is 10.2 Å². The molecule has 1 aromatic heterocycles. The molecule has 3 aromatic rings. The highest BCUT2D eigenvalue weighted by atomic mass is 79.9. The van der Waals surface area contributed by atoms with Gasteiger partial charge in [0.15, 0.2) is 5.78 Å². The normalized spacial score (nSPS) is 12.9. The fourth-order valence-electron chi connectivity index (χ4n) is 4.42. The number of furan rings is 1. The molecule has 9 heteroatoms. The fraction of sp³-hybridized carbons (Fsp3) is 0.370. The van der Waals surface area contributed by atoms with Crippen molar-refractivity contribution < 1.29 is 23.8 Å². The van der Waals surface area contributed by atoms with Gasteiger partial charge in [-0.05, 0) is 48.2 Å². The number of nitrogens with zero attached hydrogens (tertiary/aromatic N) is 1. The number of amides is 1. The molecular formula is C27H32BrN3O5. The minimum absolute atomic E-state index is 0. The van der Waals surface area contributed by atoms with Gasteiger partial charge < -0.3 is 24.5 Å². The average molecular weight is 558 g/mol. The molecule has 0 unspecified atom stereocenters. The van der Waals surface area contributed by atoms with Crippen LogP contribution in [-0.2, 0) is 18.6 Å². The number of halogens is 1. The number of carbonyl (C=O) groups excluding carboxylic acids is 2. The van der Waals surface area contributed by atoms with E-state index in [1.807, 2.05) is 33.8 Å². The van der Waals surface area contributed by atoms with Gasteiger partial charge in [0.1, 0.15) is 29.5 Å². The SMILES string of the molecule is Br.CCOc1cc2c(cc1C(=O)NC)C(=N)N(CC(=O)c1cc(C(C)(C)C)c3oc(CO)cc3c1)C2. The second kappa shape index (κ2) is 10.4. The lowest BCUT2D eigenvalue weighted by atomic mass is 9.84. The van der Waals surface area contributed by atoms with Gasteiger partial charge >= 0.3 is 0 Å². The molecule has 1 amide bonds. The second-order valence-electron chi connectivity index (χ2n) is 9.71. The molecule has 8 nitrogen and oxygen atoms in total. The fourth-order valence-corrected chi connectivity index (χ4v) is 4.42. The smallest absolute Gasteiger partial charge is 0.254 e. The first-order valence-corrected chi connectivity index (χ1v) is 11.6. The van der Waals surface area contributed by atoms with Gasteiger partial charge in [0, 0.05) is 35.7 Å². The number of amidine groups is 1. The molecule has 2 heterocycles. The molecule has 4 rings (SSSR count). The van der Waals surface area contributed by atoms with E-state index >= 15 is 0 Å². The minimum atomic E-state index is -0.288. The number of fused-ring (bicyclic) bond motifs is 2. The zero-order chi connectivity index (χ0) is 25.5. The van der Waals surface area contributed by atoms with Crippen molar-refractivity contribution in [3.63, 3.8) is 0 Å². The summed E-state index contributed by atoms with van der Waals surface area (Å²) in [5.74, 6) is 0.696. The summed E-state index contributed by atoms with van der Waals surface area (Å²) in [4.78, 5) is 27.4. The molecule has 3 N–H and O–H groups in total. The summed E-state index contributed by atoms with van der Waals surface area (Å²) in [6, 6.07) is 8.83. The summed E-state index contributed by atoms with van der Waals surface area (Å²) >= 11 is 0. The number of rotatable bonds is 7. The van der Waals surface area contributed by atoms with E-state index in [4.69, 9.17) is 14.6 Å². The molecule has 1 aliphatic heterocycles. The summed E-state index contributed by atoms with van der Waals surface area (Å²) in [6.07, 6.45) is 0. The van der Waals surface area contributed by atoms with Crippen LogP contribution >= 0.6 is 17.0 Å². The van der Waals surface area contributed by atoms with Gasteiger partial charge in [-0.25, -0.2) is 0 Å². The van der Waals surface area contributed by atoms with E-state index in [1.54, 1.807) is 36.2 Å². The number of hydrogen-bond donors (Lipinski definition) is 3. The van der Waals surface area contributed by atoms with Crippen LogP contribution in [-0.4, -0.2) is 47.7 Å². The highest BCUT2D eigenvalue weighted by molar-refractivity contribution is 8.93. The van der Waals surface area contributed by atoms with Crippen LogP contribution in [0.15, 0.2) is 34.7 Å². The first-order valence-electron chi connectivity index (χ1n) is 11.6. The number of Topliss-reactive ketones (excluding diaryl/α,β-unsaturated/α-hetero) is 1. The Morgan fingerprint density at radius 3 is 2.53 bits per heavy atom. The largest absolute Gasteiger partial charge is 0.493 e. The Morgan fingerprint density at radius 1 is 1.19 bits per heavy atom. The van der Waals surface area contributed by atoms with Crippen LogP contribution in [0, 0.1) is 5.41 Å². The van der Waals surface area contributed by atoms with Gasteiger partial charge in [0.25, 0.3) is 5.91 Å². The Morgan fingerprint density at radius 2 is 1.92 bits per heavy atom. The number of carbonyl (C=O) groups is 2. The van der Waals surface area contributed by atoms with Gasteiger partial charge in [-0.1, -0.05) is 20.8 Å². The lowest BCUT2D eigenvalue weighted by Crippen LogP contribution is -2.30. The van der Waals surface area contributed by atoms with Crippen molar-refractivity contribution in [2.75, 3.05) is 20.2 Å². The van der Waals surface area contributed by atoms with E-state index in [0.29, 0.717) is 46.9 Å². The van der Waals surface area contributed by atoms with Gasteiger partial charge in [-0.2, -0.15) is 0 Å². The number of nitrogens with one attached hydrogen (secondary N) is 2. The van der Waals surface area contributed by atoms with Gasteiger partial charge in [0.2, 0.25) is 0 Å². The third kappa shape index (κ3) is 5.03. The lowest BCUT2D eigenvalue weighted by molar-refractivity contribution is 0.0953. The number of ketones is 1. The molecule has 192 valence electrons. The molecule has 0 saturated carbocycles. The van der Waals surface area contributed by atoms with Crippen LogP contribution in [0.5, 0.6) is 5.75 Å². The monoisotopic (exact) mass is 557 g/mol. The molecule has 0 radical (unpaired) electrons. The van der Waals surface area contributed by atoms with Crippen molar-refractivity contribution in [3.05, 3.63) is 63.9 Å². The number of hydrogen-bond acceptors (Lipinski definition) is 6. The first-order chi connectivity index (χ1) is 16.6. The van der Waals surface area contributed by atoms with E-state index in [1.165, 1.54) is 0 Å². The maximum absolute atomic E-state index is 13.4. The van der Waals surface area contributed by atoms with Crippen molar-refractivity contribution >= 4 is 45.5 Å². The molecule has 0 atom stereocenters. The Labute approximate surface area is 220 Å². The Bertz CT molecular complexity index is 1340. The maximum Gasteiger partial charge on any atom is 0.254 e. The van der Waals surface area contributed by atoms with Gasteiger partial charge in [0.05, 0.1) is 18.7 Å². The minimum Gasteiger partial charge on any atom is -0.493 e. The van der Waals surface area contributed by atoms with Crippen molar-refractivity contribution in [3.8, 4) is 5.75 Å². The van der Waals surface area contributed by atoms with Crippen molar-refractivity contribution in [2.45, 2.75) is 46.3 Å². The zero-order valence-corrected chi connectivity index (χ0v) is 22.9. The third-order valence-electron chi connectivity index (χ3n) is 6.20. The highest BCUT2D eigenvalue weighted by Crippen LogP contribution is 2.34. The van der Waals surface area contributed by atoms with Crippen LogP contribution in [0.25, 0.3) is 11.0 Å². The Hall–Kier alpha value is -3.17. The number of ether oxygens (including phenoxy) is 1. The van der Waals surface area contributed by atoms with Crippen LogP contribution in [0.2, 0.25) is 0 Å². The average Bonchev–Trinajstić information content (AvgIpc) is 3.37. The summed E-state index contributed by atoms with van der Waals surface area (Å²) in [7, 11) is 1.55. The lowest BCUT2D eigenvalue weighted by Gasteiger charge is -2.21. The predicted molar refractivity (Wildman–Crippen MR) is 144 cm³/mol. The van der Waals surface area contributed by atoms with Crippen molar-refractivity contribution in [1.29, 1.82) is 5.41 Å². The zero-order valence-electron chi connectivity index (χ0n) is 21.2. The first kappa shape index (κ1) is 27.4. The highest BCUT2D eigenvalue weighted by Gasteiger charge is 2.30. The summed E-state index contributed by atoms with van der Waals surface area (Å²) < 4.78 is 11.5. The molecule has 0 bridgehead atoms. The summed E-state index contributed by atoms with van der Waals surface area (Å²) in [6.45, 7) is 8.58. The van der Waals surface area contributed by atoms with Crippen LogP contribution < -0.4 is 10.1 Å². The second-order valence-corrected chi connectivity index (χ2v) is 9.71. The number of benzene rings is 2. The quantitative estimate of drug-likeness (QED) is 0.366. The summed E-state index contributed by atoms with van der Waals surface area (Å²) in [5.41, 5.74) is 3.63. The van der Waals surface area contributed by atoms with Crippen LogP contribution in [0.4, 0.5) is 0 Å². The van der Waals surface area contributed by atoms with Crippen LogP contribution in [0.1, 0.15) is 70.9 Å². The van der Waals surface area contributed by atoms with E-state index in [-0.39, 0.29) is 53.1 Å². The molecule has 36 heavy (non-hydrogen) atoms. The molecule has 0 spiro atoms. The standard InChI is InChI=1S/C27H31N3O5.BrH/c1-6-34-23-10-17-12-30(25(28)19(17)11-20(23)26(33)29-5)13-22(32)15-7-16-8-18(14-31)35-24(16)21(9-15)27(2,3)4;/h7-11,28,31H,6,12-14H2,1-5H3,(H,29,33);1H. The third-order valence-corrected chi connectivity index (χ3v) is 6.20. The van der Waals surface area contributed by atoms with E-state index < -0.39 is 0 Å². The van der Waals surface area contributed by atoms with E-state index in [9.17, 15) is 14.7 Å². The Kier molecular flexibility index (Phi) is 7.95. The molecule has 2 aromatic carbocycles. The van der Waals surface area contributed by atoms with Gasteiger partial charge in [-0.15, -0.1) is 17.0 Å². The van der Waals surface area contributed by atoms with Crippen molar-refractivity contribution in [2.24, 2.45) is 0 Å². The summed E-state index contributed by atoms with van der Waals surface area (Å²) in [5, 5.41) is 21.6. The molecular weight excluding hydrogens is 526 g/mol. The molecule has 0 saturated heterocycles. The number of aliphatic hydroxyl groups is 1. The Balaban J connectivity index is 0.00000361. The number of aliphatic hydroxyl groups excluding tert-OH is 1. The predicted octanol–water partition coefficient (Wildman–Crippen LogP) is 4.58. The molecule has 1 aliphatic rings. The van der Waals surface area contributed by atoms with E-state index in [2.05, 4.69) is 5.32 Å². The maximum atomic E-state index is 13.4. The van der Waals surface area contributed by atoms with Crippen LogP contribution in [0.3, 0.4) is 0 Å². The van der Waals surface area contributed by atoms with Gasteiger partial charge in [-0.3, -0.25) is 15.0 Å². The molecule has 0 aliphatic carbocycles. The molecule has 0 fully saturated rings. The van der Waals surface area contributed by atoms with E-state index in [0.717, 1.165) is 16.5 Å². The topological polar surface area (TPSA) is 116 Å².